The predicted molar refractivity (Wildman–Crippen MR) is 119 cm³/mol. The van der Waals surface area contributed by atoms with E-state index < -0.39 is 0 Å². The lowest BCUT2D eigenvalue weighted by Gasteiger charge is -2.24. The Balaban J connectivity index is 1.81. The summed E-state index contributed by atoms with van der Waals surface area (Å²) in [4.78, 5) is 19.6. The fourth-order valence-electron chi connectivity index (χ4n) is 3.93. The number of hydrogen-bond acceptors (Lipinski definition) is 4. The Hall–Kier alpha value is -3.18. The molecule has 0 radical (unpaired) electrons. The van der Waals surface area contributed by atoms with Crippen molar-refractivity contribution in [1.29, 1.82) is 0 Å². The van der Waals surface area contributed by atoms with E-state index >= 15 is 0 Å². The molecular weight excluding hydrogens is 380 g/mol. The highest BCUT2D eigenvalue weighted by molar-refractivity contribution is 7.18. The van der Waals surface area contributed by atoms with Crippen molar-refractivity contribution < 1.29 is 4.74 Å². The van der Waals surface area contributed by atoms with E-state index in [1.807, 2.05) is 37.3 Å². The molecule has 0 amide bonds. The highest BCUT2D eigenvalue weighted by atomic mass is 32.1. The van der Waals surface area contributed by atoms with Crippen molar-refractivity contribution in [2.45, 2.75) is 20.4 Å². The minimum atomic E-state index is -0.145. The third kappa shape index (κ3) is 2.81. The fraction of sp³-hybridized carbons (Fsp3) is 0.167. The fourth-order valence-corrected chi connectivity index (χ4v) is 5.08. The van der Waals surface area contributed by atoms with Crippen molar-refractivity contribution in [3.63, 3.8) is 0 Å². The molecule has 2 aromatic carbocycles. The Kier molecular flexibility index (Phi) is 4.14. The summed E-state index contributed by atoms with van der Waals surface area (Å²) < 4.78 is 7.47. The summed E-state index contributed by atoms with van der Waals surface area (Å²) in [6.45, 7) is 4.79. The zero-order valence-electron chi connectivity index (χ0n) is 16.5. The molecule has 0 fully saturated rings. The lowest BCUT2D eigenvalue weighted by Crippen LogP contribution is -2.22. The number of aryl methyl sites for hydroxylation is 2. The number of methoxy groups -OCH3 is 1. The molecule has 0 atom stereocenters. The maximum atomic E-state index is 12.9. The number of thiophene rings is 1. The number of rotatable bonds is 2. The van der Waals surface area contributed by atoms with Crippen molar-refractivity contribution in [2.75, 3.05) is 7.11 Å². The van der Waals surface area contributed by atoms with E-state index in [0.29, 0.717) is 6.54 Å². The van der Waals surface area contributed by atoms with Gasteiger partial charge in [0.25, 0.3) is 5.56 Å². The first-order valence-electron chi connectivity index (χ1n) is 9.52. The normalized spacial score (nSPS) is 14.1. The van der Waals surface area contributed by atoms with Crippen molar-refractivity contribution in [2.24, 2.45) is 0 Å². The van der Waals surface area contributed by atoms with Gasteiger partial charge in [-0.15, -0.1) is 11.3 Å². The molecule has 0 saturated carbocycles. The standard InChI is InChI=1S/C24H20N2O2S/c1-14-15(2)29-24-21(14)23(27)25-22-20(12-16-8-10-18(28-3)11-9-16)19-7-5-4-6-17(19)13-26(22)24/h4-12H,13H2,1-3H3/b20-12+. The van der Waals surface area contributed by atoms with E-state index in [1.54, 1.807) is 18.4 Å². The van der Waals surface area contributed by atoms with Crippen LogP contribution in [0.2, 0.25) is 0 Å². The van der Waals surface area contributed by atoms with Crippen LogP contribution in [0, 0.1) is 13.8 Å². The quantitative estimate of drug-likeness (QED) is 0.417. The Labute approximate surface area is 172 Å². The van der Waals surface area contributed by atoms with Crippen LogP contribution >= 0.6 is 11.3 Å². The first-order chi connectivity index (χ1) is 14.1. The monoisotopic (exact) mass is 400 g/mol. The van der Waals surface area contributed by atoms with E-state index in [9.17, 15) is 4.79 Å². The number of hydrogen-bond donors (Lipinski definition) is 0. The van der Waals surface area contributed by atoms with Gasteiger partial charge in [0.2, 0.25) is 0 Å². The highest BCUT2D eigenvalue weighted by Gasteiger charge is 2.25. The number of nitrogens with zero attached hydrogens (tertiary/aromatic N) is 2. The molecule has 144 valence electrons. The summed E-state index contributed by atoms with van der Waals surface area (Å²) in [6, 6.07) is 16.3. The second-order valence-electron chi connectivity index (χ2n) is 7.28. The van der Waals surface area contributed by atoms with Crippen molar-refractivity contribution in [3.8, 4) is 5.75 Å². The maximum Gasteiger partial charge on any atom is 0.282 e. The van der Waals surface area contributed by atoms with Crippen LogP contribution < -0.4 is 10.3 Å². The summed E-state index contributed by atoms with van der Waals surface area (Å²) in [7, 11) is 1.66. The van der Waals surface area contributed by atoms with Crippen molar-refractivity contribution in [1.82, 2.24) is 9.55 Å². The topological polar surface area (TPSA) is 44.1 Å². The molecule has 0 aliphatic carbocycles. The van der Waals surface area contributed by atoms with E-state index in [-0.39, 0.29) is 5.56 Å². The largest absolute Gasteiger partial charge is 0.497 e. The van der Waals surface area contributed by atoms with E-state index in [2.05, 4.69) is 40.7 Å². The first kappa shape index (κ1) is 17.9. The molecule has 4 nitrogen and oxygen atoms in total. The average molecular weight is 401 g/mol. The number of benzene rings is 2. The number of aromatic nitrogens is 2. The van der Waals surface area contributed by atoms with Crippen LogP contribution in [0.4, 0.5) is 0 Å². The van der Waals surface area contributed by atoms with Crippen molar-refractivity contribution in [3.05, 3.63) is 91.8 Å². The lowest BCUT2D eigenvalue weighted by molar-refractivity contribution is 0.415. The van der Waals surface area contributed by atoms with E-state index in [1.165, 1.54) is 10.4 Å². The molecule has 0 N–H and O–H groups in total. The molecule has 0 saturated heterocycles. The molecule has 0 spiro atoms. The van der Waals surface area contributed by atoms with Crippen LogP contribution in [-0.4, -0.2) is 16.7 Å². The maximum absolute atomic E-state index is 12.9. The predicted octanol–water partition coefficient (Wildman–Crippen LogP) is 5.03. The van der Waals surface area contributed by atoms with E-state index in [4.69, 9.17) is 4.74 Å². The molecular formula is C24H20N2O2S. The molecule has 1 aliphatic heterocycles. The third-order valence-electron chi connectivity index (χ3n) is 5.59. The summed E-state index contributed by atoms with van der Waals surface area (Å²) in [5.41, 5.74) is 5.26. The van der Waals surface area contributed by atoms with Gasteiger partial charge in [0.05, 0.1) is 19.0 Å². The van der Waals surface area contributed by atoms with Gasteiger partial charge in [-0.2, -0.15) is 4.98 Å². The van der Waals surface area contributed by atoms with Gasteiger partial charge in [0, 0.05) is 10.5 Å². The van der Waals surface area contributed by atoms with Crippen LogP contribution in [0.15, 0.2) is 53.3 Å². The molecule has 3 heterocycles. The molecule has 5 heteroatoms. The smallest absolute Gasteiger partial charge is 0.282 e. The summed E-state index contributed by atoms with van der Waals surface area (Å²) in [6.07, 6.45) is 2.11. The Bertz CT molecular complexity index is 1340. The van der Waals surface area contributed by atoms with Crippen LogP contribution in [-0.2, 0) is 6.54 Å². The summed E-state index contributed by atoms with van der Waals surface area (Å²) in [5.74, 6) is 1.55. The average Bonchev–Trinajstić information content (AvgIpc) is 3.04. The van der Waals surface area contributed by atoms with Gasteiger partial charge in [-0.3, -0.25) is 4.79 Å². The second kappa shape index (κ2) is 6.71. The van der Waals surface area contributed by atoms with Crippen LogP contribution in [0.1, 0.15) is 33.0 Å². The minimum absolute atomic E-state index is 0.145. The Morgan fingerprint density at radius 2 is 1.86 bits per heavy atom. The minimum Gasteiger partial charge on any atom is -0.497 e. The van der Waals surface area contributed by atoms with Gasteiger partial charge < -0.3 is 9.30 Å². The molecule has 29 heavy (non-hydrogen) atoms. The van der Waals surface area contributed by atoms with Crippen LogP contribution in [0.5, 0.6) is 5.75 Å². The van der Waals surface area contributed by atoms with E-state index in [0.717, 1.165) is 44.1 Å². The van der Waals surface area contributed by atoms with Crippen LogP contribution in [0.3, 0.4) is 0 Å². The van der Waals surface area contributed by atoms with Gasteiger partial charge in [-0.05, 0) is 54.3 Å². The zero-order valence-corrected chi connectivity index (χ0v) is 17.3. The highest BCUT2D eigenvalue weighted by Crippen LogP contribution is 2.37. The molecule has 1 aliphatic rings. The van der Waals surface area contributed by atoms with Crippen molar-refractivity contribution >= 4 is 33.2 Å². The van der Waals surface area contributed by atoms with Gasteiger partial charge in [-0.25, -0.2) is 0 Å². The zero-order chi connectivity index (χ0) is 20.1. The molecule has 2 aromatic heterocycles. The second-order valence-corrected chi connectivity index (χ2v) is 8.48. The molecule has 4 aromatic rings. The van der Waals surface area contributed by atoms with Gasteiger partial charge in [0.1, 0.15) is 16.4 Å². The SMILES string of the molecule is COc1ccc(/C=C2\c3ccccc3Cn3c2nc(=O)c2c(C)c(C)sc23)cc1. The molecule has 0 unspecified atom stereocenters. The Morgan fingerprint density at radius 1 is 1.10 bits per heavy atom. The number of fused-ring (bicyclic) bond motifs is 4. The molecule has 0 bridgehead atoms. The summed E-state index contributed by atoms with van der Waals surface area (Å²) in [5, 5.41) is 0.749. The molecule has 5 rings (SSSR count). The van der Waals surface area contributed by atoms with Gasteiger partial charge >= 0.3 is 0 Å². The van der Waals surface area contributed by atoms with Gasteiger partial charge in [0.15, 0.2) is 0 Å². The Morgan fingerprint density at radius 3 is 2.62 bits per heavy atom. The third-order valence-corrected chi connectivity index (χ3v) is 6.82. The van der Waals surface area contributed by atoms with Gasteiger partial charge in [-0.1, -0.05) is 36.4 Å². The first-order valence-corrected chi connectivity index (χ1v) is 10.3. The van der Waals surface area contributed by atoms with Crippen LogP contribution in [0.25, 0.3) is 21.9 Å². The number of ether oxygens (including phenoxy) is 1. The summed E-state index contributed by atoms with van der Waals surface area (Å²) >= 11 is 1.67. The lowest BCUT2D eigenvalue weighted by atomic mass is 9.93.